The van der Waals surface area contributed by atoms with Crippen LogP contribution in [-0.4, -0.2) is 24.2 Å². The van der Waals surface area contributed by atoms with Crippen LogP contribution < -0.4 is 10.5 Å². The van der Waals surface area contributed by atoms with Gasteiger partial charge in [-0.15, -0.1) is 0 Å². The molecule has 1 rings (SSSR count). The average Bonchev–Trinajstić information content (AvgIpc) is 2.39. The Morgan fingerprint density at radius 1 is 1.45 bits per heavy atom. The summed E-state index contributed by atoms with van der Waals surface area (Å²) in [7, 11) is 0. The number of rotatable bonds is 9. The van der Waals surface area contributed by atoms with Gasteiger partial charge in [-0.2, -0.15) is 0 Å². The molecule has 0 fully saturated rings. The molecule has 1 aromatic rings. The van der Waals surface area contributed by atoms with E-state index in [4.69, 9.17) is 27.2 Å². The number of hydrogen-bond donors (Lipinski definition) is 2. The molecule has 2 unspecified atom stereocenters. The number of halogens is 1. The van der Waals surface area contributed by atoms with Crippen LogP contribution in [0.1, 0.15) is 26.2 Å². The lowest BCUT2D eigenvalue weighted by Gasteiger charge is -2.18. The first kappa shape index (κ1) is 16.8. The van der Waals surface area contributed by atoms with Crippen molar-refractivity contribution in [1.29, 1.82) is 0 Å². The van der Waals surface area contributed by atoms with Crippen molar-refractivity contribution in [3.05, 3.63) is 29.3 Å². The second-order valence-electron chi connectivity index (χ2n) is 5.11. The molecule has 4 nitrogen and oxygen atoms in total. The zero-order valence-corrected chi connectivity index (χ0v) is 12.5. The highest BCUT2D eigenvalue weighted by atomic mass is 35.5. The van der Waals surface area contributed by atoms with Crippen molar-refractivity contribution >= 4 is 17.6 Å². The van der Waals surface area contributed by atoms with Crippen molar-refractivity contribution in [3.63, 3.8) is 0 Å². The molecular weight excluding hydrogens is 278 g/mol. The van der Waals surface area contributed by atoms with Crippen LogP contribution >= 0.6 is 11.6 Å². The van der Waals surface area contributed by atoms with E-state index in [2.05, 4.69) is 6.92 Å². The molecule has 2 atom stereocenters. The molecule has 0 saturated carbocycles. The topological polar surface area (TPSA) is 72.5 Å². The minimum Gasteiger partial charge on any atom is -0.492 e. The Bertz CT molecular complexity index is 425. The molecule has 0 aliphatic heterocycles. The third-order valence-corrected chi connectivity index (χ3v) is 3.55. The Kier molecular flexibility index (Phi) is 7.41. The van der Waals surface area contributed by atoms with Crippen molar-refractivity contribution in [2.45, 2.75) is 26.2 Å². The molecule has 0 aliphatic rings. The Labute approximate surface area is 124 Å². The molecule has 1 aromatic carbocycles. The zero-order valence-electron chi connectivity index (χ0n) is 11.7. The van der Waals surface area contributed by atoms with Gasteiger partial charge in [0.05, 0.1) is 11.6 Å². The van der Waals surface area contributed by atoms with Gasteiger partial charge >= 0.3 is 5.97 Å². The smallest absolute Gasteiger partial charge is 0.303 e. The molecule has 20 heavy (non-hydrogen) atoms. The molecule has 0 spiro atoms. The van der Waals surface area contributed by atoms with Gasteiger partial charge in [-0.3, -0.25) is 4.79 Å². The number of carboxylic acids is 1. The predicted molar refractivity (Wildman–Crippen MR) is 80.1 cm³/mol. The average molecular weight is 300 g/mol. The normalized spacial score (nSPS) is 13.8. The summed E-state index contributed by atoms with van der Waals surface area (Å²) < 4.78 is 5.62. The summed E-state index contributed by atoms with van der Waals surface area (Å²) in [5, 5.41) is 9.39. The highest BCUT2D eigenvalue weighted by Gasteiger charge is 2.15. The van der Waals surface area contributed by atoms with Crippen molar-refractivity contribution in [2.24, 2.45) is 17.6 Å². The molecule has 0 saturated heterocycles. The summed E-state index contributed by atoms with van der Waals surface area (Å²) in [5.41, 5.74) is 5.60. The molecule has 3 N–H and O–H groups in total. The van der Waals surface area contributed by atoms with Gasteiger partial charge in [0, 0.05) is 6.42 Å². The highest BCUT2D eigenvalue weighted by Crippen LogP contribution is 2.24. The van der Waals surface area contributed by atoms with E-state index in [0.29, 0.717) is 29.8 Å². The number of aliphatic carboxylic acids is 1. The minimum absolute atomic E-state index is 0.0304. The van der Waals surface area contributed by atoms with Crippen molar-refractivity contribution in [1.82, 2.24) is 0 Å². The fourth-order valence-corrected chi connectivity index (χ4v) is 2.32. The molecule has 5 heteroatoms. The Morgan fingerprint density at radius 3 is 2.75 bits per heavy atom. The molecule has 0 aromatic heterocycles. The van der Waals surface area contributed by atoms with Crippen LogP contribution in [0.25, 0.3) is 0 Å². The second-order valence-corrected chi connectivity index (χ2v) is 5.52. The summed E-state index contributed by atoms with van der Waals surface area (Å²) >= 11 is 6.00. The van der Waals surface area contributed by atoms with Gasteiger partial charge in [-0.1, -0.05) is 30.7 Å². The highest BCUT2D eigenvalue weighted by molar-refractivity contribution is 6.32. The first-order chi connectivity index (χ1) is 9.52. The fraction of sp³-hybridized carbons (Fsp3) is 0.533. The van der Waals surface area contributed by atoms with Gasteiger partial charge in [-0.05, 0) is 43.4 Å². The maximum atomic E-state index is 10.7. The number of para-hydroxylation sites is 1. The first-order valence-corrected chi connectivity index (χ1v) is 7.20. The van der Waals surface area contributed by atoms with E-state index in [0.717, 1.165) is 12.8 Å². The van der Waals surface area contributed by atoms with E-state index in [1.54, 1.807) is 6.07 Å². The third-order valence-electron chi connectivity index (χ3n) is 3.24. The number of ether oxygens (including phenoxy) is 1. The lowest BCUT2D eigenvalue weighted by atomic mass is 9.91. The standard InChI is InChI=1S/C15H22ClNO3/c1-11(8-12(10-17)9-15(18)19)6-7-20-14-5-3-2-4-13(14)16/h2-5,11-12H,6-10,17H2,1H3,(H,18,19). The van der Waals surface area contributed by atoms with Gasteiger partial charge < -0.3 is 15.6 Å². The second kappa shape index (κ2) is 8.82. The van der Waals surface area contributed by atoms with Crippen molar-refractivity contribution in [3.8, 4) is 5.75 Å². The first-order valence-electron chi connectivity index (χ1n) is 6.82. The summed E-state index contributed by atoms with van der Waals surface area (Å²) in [6.45, 7) is 3.05. The number of benzene rings is 1. The number of carboxylic acid groups (broad SMARTS) is 1. The number of nitrogens with two attached hydrogens (primary N) is 1. The lowest BCUT2D eigenvalue weighted by Crippen LogP contribution is -2.21. The van der Waals surface area contributed by atoms with Crippen LogP contribution in [-0.2, 0) is 4.79 Å². The third kappa shape index (κ3) is 6.26. The number of carbonyl (C=O) groups is 1. The quantitative estimate of drug-likeness (QED) is 0.734. The minimum atomic E-state index is -0.792. The van der Waals surface area contributed by atoms with Crippen LogP contribution in [0.3, 0.4) is 0 Å². The Morgan fingerprint density at radius 2 is 2.15 bits per heavy atom. The Hall–Kier alpha value is -1.26. The monoisotopic (exact) mass is 299 g/mol. The van der Waals surface area contributed by atoms with Gasteiger partial charge in [0.2, 0.25) is 0 Å². The summed E-state index contributed by atoms with van der Waals surface area (Å²) in [5.74, 6) is 0.287. The van der Waals surface area contributed by atoms with E-state index in [9.17, 15) is 4.79 Å². The van der Waals surface area contributed by atoms with Crippen molar-refractivity contribution in [2.75, 3.05) is 13.2 Å². The summed E-state index contributed by atoms with van der Waals surface area (Å²) in [4.78, 5) is 10.7. The zero-order chi connectivity index (χ0) is 15.0. The van der Waals surface area contributed by atoms with Crippen LogP contribution in [0, 0.1) is 11.8 Å². The molecule has 0 bridgehead atoms. The van der Waals surface area contributed by atoms with Gasteiger partial charge in [0.15, 0.2) is 0 Å². The van der Waals surface area contributed by atoms with Gasteiger partial charge in [0.1, 0.15) is 5.75 Å². The van der Waals surface area contributed by atoms with Gasteiger partial charge in [-0.25, -0.2) is 0 Å². The lowest BCUT2D eigenvalue weighted by molar-refractivity contribution is -0.138. The van der Waals surface area contributed by atoms with E-state index in [1.807, 2.05) is 18.2 Å². The molecular formula is C15H22ClNO3. The van der Waals surface area contributed by atoms with Crippen LogP contribution in [0.4, 0.5) is 0 Å². The SMILES string of the molecule is CC(CCOc1ccccc1Cl)CC(CN)CC(=O)O. The maximum absolute atomic E-state index is 10.7. The summed E-state index contributed by atoms with van der Waals surface area (Å²) in [6.07, 6.45) is 1.78. The van der Waals surface area contributed by atoms with E-state index in [1.165, 1.54) is 0 Å². The van der Waals surface area contributed by atoms with Gasteiger partial charge in [0.25, 0.3) is 0 Å². The molecule has 0 amide bonds. The Balaban J connectivity index is 2.30. The molecule has 0 aliphatic carbocycles. The molecule has 112 valence electrons. The number of hydrogen-bond acceptors (Lipinski definition) is 3. The largest absolute Gasteiger partial charge is 0.492 e. The molecule has 0 radical (unpaired) electrons. The predicted octanol–water partition coefficient (Wildman–Crippen LogP) is 3.18. The van der Waals surface area contributed by atoms with E-state index < -0.39 is 5.97 Å². The van der Waals surface area contributed by atoms with Crippen LogP contribution in [0.5, 0.6) is 5.75 Å². The van der Waals surface area contributed by atoms with Crippen LogP contribution in [0.15, 0.2) is 24.3 Å². The van der Waals surface area contributed by atoms with E-state index in [-0.39, 0.29) is 12.3 Å². The van der Waals surface area contributed by atoms with Crippen LogP contribution in [0.2, 0.25) is 5.02 Å². The van der Waals surface area contributed by atoms with Crippen molar-refractivity contribution < 1.29 is 14.6 Å². The fourth-order valence-electron chi connectivity index (χ4n) is 2.13. The maximum Gasteiger partial charge on any atom is 0.303 e. The summed E-state index contributed by atoms with van der Waals surface area (Å²) in [6, 6.07) is 7.36. The molecule has 0 heterocycles. The van der Waals surface area contributed by atoms with E-state index >= 15 is 0 Å².